The number of hydrogen-bond acceptors (Lipinski definition) is 2. The Morgan fingerprint density at radius 3 is 2.74 bits per heavy atom. The summed E-state index contributed by atoms with van der Waals surface area (Å²) in [6.07, 6.45) is 1.58. The summed E-state index contributed by atoms with van der Waals surface area (Å²) in [5.41, 5.74) is 0.889. The Bertz CT molecular complexity index is 434. The Hall–Kier alpha value is -1.36. The summed E-state index contributed by atoms with van der Waals surface area (Å²) >= 11 is 5.72. The summed E-state index contributed by atoms with van der Waals surface area (Å²) in [6, 6.07) is -0.285. The van der Waals surface area contributed by atoms with E-state index in [0.717, 1.165) is 0 Å². The van der Waals surface area contributed by atoms with Gasteiger partial charge in [0.25, 0.3) is 0 Å². The monoisotopic (exact) mass is 287 g/mol. The first-order chi connectivity index (χ1) is 8.93. The number of carbonyl (C=O) groups excluding carboxylic acids is 1. The van der Waals surface area contributed by atoms with Gasteiger partial charge >= 0.3 is 0 Å². The van der Waals surface area contributed by atoms with Gasteiger partial charge in [0, 0.05) is 31.6 Å². The summed E-state index contributed by atoms with van der Waals surface area (Å²) in [7, 11) is 1.83. The zero-order valence-electron chi connectivity index (χ0n) is 11.4. The van der Waals surface area contributed by atoms with E-state index in [1.165, 1.54) is 6.08 Å². The molecule has 0 bridgehead atoms. The Morgan fingerprint density at radius 2 is 2.21 bits per heavy atom. The third kappa shape index (κ3) is 3.35. The van der Waals surface area contributed by atoms with Gasteiger partial charge in [0.2, 0.25) is 5.91 Å². The van der Waals surface area contributed by atoms with Crippen molar-refractivity contribution in [3.05, 3.63) is 23.6 Å². The number of halogens is 2. The fourth-order valence-electron chi connectivity index (χ4n) is 2.01. The van der Waals surface area contributed by atoms with Crippen LogP contribution in [0.4, 0.5) is 4.39 Å². The van der Waals surface area contributed by atoms with Gasteiger partial charge in [-0.3, -0.25) is 10.2 Å². The molecule has 0 aromatic carbocycles. The normalized spacial score (nSPS) is 21.9. The minimum atomic E-state index is -0.285. The van der Waals surface area contributed by atoms with Crippen molar-refractivity contribution < 1.29 is 9.18 Å². The number of alkyl halides is 1. The number of nitrogens with one attached hydrogen (secondary N) is 1. The lowest BCUT2D eigenvalue weighted by Crippen LogP contribution is -2.56. The Morgan fingerprint density at radius 1 is 1.58 bits per heavy atom. The van der Waals surface area contributed by atoms with Crippen LogP contribution in [0.2, 0.25) is 0 Å². The lowest BCUT2D eigenvalue weighted by molar-refractivity contribution is -0.128. The number of nitrogens with zero attached hydrogens (tertiary/aromatic N) is 2. The molecule has 0 spiro atoms. The first-order valence-corrected chi connectivity index (χ1v) is 6.60. The molecule has 1 rings (SSSR count). The average molecular weight is 288 g/mol. The van der Waals surface area contributed by atoms with E-state index in [1.54, 1.807) is 11.8 Å². The Balaban J connectivity index is 2.97. The van der Waals surface area contributed by atoms with Crippen molar-refractivity contribution in [3.63, 3.8) is 0 Å². The Labute approximate surface area is 118 Å². The molecule has 1 aliphatic heterocycles. The molecule has 1 N–H and O–H groups in total. The fourth-order valence-corrected chi connectivity index (χ4v) is 2.30. The molecule has 1 atom stereocenters. The smallest absolute Gasteiger partial charge is 0.250 e. The van der Waals surface area contributed by atoms with Gasteiger partial charge in [0.1, 0.15) is 5.84 Å². The standard InChI is InChI=1S/C13H19ClFN3O/c1-9(11(8-14)4-5-15)13(19)18-7-6-17(3)12(16)10(18)2/h4-5,10,16H,6-8H2,1-3H3/b5-4+,11-9-,16-12?. The maximum Gasteiger partial charge on any atom is 0.250 e. The minimum Gasteiger partial charge on any atom is -0.360 e. The molecule has 0 aromatic heterocycles. The van der Waals surface area contributed by atoms with Crippen LogP contribution in [0.25, 0.3) is 0 Å². The molecule has 1 heterocycles. The molecular formula is C13H19ClFN3O. The molecule has 19 heavy (non-hydrogen) atoms. The zero-order chi connectivity index (χ0) is 14.6. The molecule has 6 heteroatoms. The van der Waals surface area contributed by atoms with Crippen LogP contribution in [-0.2, 0) is 4.79 Å². The molecule has 1 amide bonds. The van der Waals surface area contributed by atoms with Gasteiger partial charge in [-0.1, -0.05) is 0 Å². The van der Waals surface area contributed by atoms with Crippen molar-refractivity contribution in [2.75, 3.05) is 26.0 Å². The van der Waals surface area contributed by atoms with E-state index in [4.69, 9.17) is 17.0 Å². The summed E-state index contributed by atoms with van der Waals surface area (Å²) in [5, 5.41) is 7.91. The minimum absolute atomic E-state index is 0.0809. The summed E-state index contributed by atoms with van der Waals surface area (Å²) in [6.45, 7) is 4.62. The first-order valence-electron chi connectivity index (χ1n) is 6.07. The highest BCUT2D eigenvalue weighted by atomic mass is 35.5. The lowest BCUT2D eigenvalue weighted by Gasteiger charge is -2.39. The first kappa shape index (κ1) is 15.7. The van der Waals surface area contributed by atoms with Crippen LogP contribution in [0.3, 0.4) is 0 Å². The van der Waals surface area contributed by atoms with Crippen molar-refractivity contribution in [1.29, 1.82) is 5.41 Å². The van der Waals surface area contributed by atoms with Gasteiger partial charge in [-0.05, 0) is 25.5 Å². The van der Waals surface area contributed by atoms with Crippen molar-refractivity contribution in [3.8, 4) is 0 Å². The Kier molecular flexibility index (Phi) is 5.54. The molecule has 0 aliphatic carbocycles. The highest BCUT2D eigenvalue weighted by molar-refractivity contribution is 6.20. The largest absolute Gasteiger partial charge is 0.360 e. The molecule has 0 aromatic rings. The van der Waals surface area contributed by atoms with E-state index in [1.807, 2.05) is 18.9 Å². The van der Waals surface area contributed by atoms with Gasteiger partial charge in [-0.2, -0.15) is 0 Å². The van der Waals surface area contributed by atoms with E-state index >= 15 is 0 Å². The van der Waals surface area contributed by atoms with Gasteiger partial charge in [0.15, 0.2) is 0 Å². The second kappa shape index (κ2) is 6.70. The molecular weight excluding hydrogens is 269 g/mol. The zero-order valence-corrected chi connectivity index (χ0v) is 12.2. The summed E-state index contributed by atoms with van der Waals surface area (Å²) in [4.78, 5) is 15.8. The predicted molar refractivity (Wildman–Crippen MR) is 75.2 cm³/mol. The predicted octanol–water partition coefficient (Wildman–Crippen LogP) is 2.16. The SMILES string of the molecule is C/C(C(=O)N1CCN(C)C(=N)C1C)=C(\C=C\F)CCl. The molecule has 1 unspecified atom stereocenters. The van der Waals surface area contributed by atoms with Crippen LogP contribution in [0.5, 0.6) is 0 Å². The quantitative estimate of drug-likeness (QED) is 0.491. The number of carbonyl (C=O) groups is 1. The number of rotatable bonds is 3. The molecule has 1 saturated heterocycles. The van der Waals surface area contributed by atoms with Gasteiger partial charge < -0.3 is 9.80 Å². The number of piperazine rings is 1. The van der Waals surface area contributed by atoms with Crippen molar-refractivity contribution in [2.45, 2.75) is 19.9 Å². The summed E-state index contributed by atoms with van der Waals surface area (Å²) < 4.78 is 12.2. The van der Waals surface area contributed by atoms with Crippen LogP contribution in [0, 0.1) is 5.41 Å². The molecule has 0 radical (unpaired) electrons. The van der Waals surface area contributed by atoms with Crippen LogP contribution < -0.4 is 0 Å². The number of amides is 1. The van der Waals surface area contributed by atoms with E-state index in [0.29, 0.717) is 36.4 Å². The van der Waals surface area contributed by atoms with Crippen LogP contribution in [-0.4, -0.2) is 53.6 Å². The number of hydrogen-bond donors (Lipinski definition) is 1. The molecule has 1 aliphatic rings. The second-order valence-electron chi connectivity index (χ2n) is 4.56. The number of amidine groups is 1. The van der Waals surface area contributed by atoms with Gasteiger partial charge in [-0.25, -0.2) is 4.39 Å². The van der Waals surface area contributed by atoms with Crippen molar-refractivity contribution >= 4 is 23.3 Å². The molecule has 1 fully saturated rings. The molecule has 0 saturated carbocycles. The third-order valence-electron chi connectivity index (χ3n) is 3.42. The fraction of sp³-hybridized carbons (Fsp3) is 0.538. The highest BCUT2D eigenvalue weighted by Gasteiger charge is 2.30. The van der Waals surface area contributed by atoms with Gasteiger partial charge in [0.05, 0.1) is 12.4 Å². The van der Waals surface area contributed by atoms with Gasteiger partial charge in [-0.15, -0.1) is 11.6 Å². The average Bonchev–Trinajstić information content (AvgIpc) is 2.41. The third-order valence-corrected chi connectivity index (χ3v) is 3.71. The van der Waals surface area contributed by atoms with Crippen molar-refractivity contribution in [1.82, 2.24) is 9.80 Å². The van der Waals surface area contributed by atoms with Crippen LogP contribution >= 0.6 is 11.6 Å². The summed E-state index contributed by atoms with van der Waals surface area (Å²) in [5.74, 6) is 0.289. The van der Waals surface area contributed by atoms with E-state index < -0.39 is 0 Å². The maximum absolute atomic E-state index is 12.4. The second-order valence-corrected chi connectivity index (χ2v) is 4.83. The van der Waals surface area contributed by atoms with Crippen LogP contribution in [0.1, 0.15) is 13.8 Å². The topological polar surface area (TPSA) is 47.4 Å². The number of likely N-dealkylation sites (N-methyl/N-ethyl adjacent to an activating group) is 1. The van der Waals surface area contributed by atoms with E-state index in [2.05, 4.69) is 0 Å². The van der Waals surface area contributed by atoms with E-state index in [-0.39, 0.29) is 17.8 Å². The molecule has 106 valence electrons. The van der Waals surface area contributed by atoms with Crippen LogP contribution in [0.15, 0.2) is 23.6 Å². The molecule has 4 nitrogen and oxygen atoms in total. The maximum atomic E-state index is 12.4. The van der Waals surface area contributed by atoms with E-state index in [9.17, 15) is 9.18 Å². The number of allylic oxidation sites excluding steroid dienone is 2. The highest BCUT2D eigenvalue weighted by Crippen LogP contribution is 2.17. The lowest BCUT2D eigenvalue weighted by atomic mass is 10.1. The van der Waals surface area contributed by atoms with Crippen molar-refractivity contribution in [2.24, 2.45) is 0 Å².